The normalized spacial score (nSPS) is 19.3. The molecule has 0 aliphatic carbocycles. The van der Waals surface area contributed by atoms with E-state index in [1.807, 2.05) is 0 Å². The minimum atomic E-state index is -0.194. The Morgan fingerprint density at radius 3 is 2.26 bits per heavy atom. The van der Waals surface area contributed by atoms with Crippen LogP contribution in [0.25, 0.3) is 4.91 Å². The van der Waals surface area contributed by atoms with E-state index in [0.29, 0.717) is 0 Å². The van der Waals surface area contributed by atoms with Gasteiger partial charge in [-0.25, -0.2) is 0 Å². The number of nitrogens with zero attached hydrogens (tertiary/aromatic N) is 1. The van der Waals surface area contributed by atoms with E-state index in [1.54, 1.807) is 11.8 Å². The zero-order valence-electron chi connectivity index (χ0n) is 11.8. The van der Waals surface area contributed by atoms with Gasteiger partial charge in [0.1, 0.15) is 5.50 Å². The first-order valence-electron chi connectivity index (χ1n) is 6.15. The molecule has 1 aliphatic rings. The second kappa shape index (κ2) is 6.12. The van der Waals surface area contributed by atoms with Crippen molar-refractivity contribution in [3.05, 3.63) is 41.5 Å². The summed E-state index contributed by atoms with van der Waals surface area (Å²) in [7, 11) is 0. The van der Waals surface area contributed by atoms with Gasteiger partial charge in [0, 0.05) is 16.0 Å². The van der Waals surface area contributed by atoms with Crippen LogP contribution in [0.15, 0.2) is 35.3 Å². The number of nitrogens with two attached hydrogens (primary N) is 1. The smallest absolute Gasteiger partial charge is 0.149 e. The molecule has 1 atom stereocenters. The van der Waals surface area contributed by atoms with Crippen molar-refractivity contribution in [3.8, 4) is 0 Å². The van der Waals surface area contributed by atoms with Crippen LogP contribution in [0.1, 0.15) is 31.9 Å². The van der Waals surface area contributed by atoms with Gasteiger partial charge in [0.2, 0.25) is 0 Å². The Bertz CT molecular complexity index is 498. The summed E-state index contributed by atoms with van der Waals surface area (Å²) >= 11 is 1.62. The van der Waals surface area contributed by atoms with Gasteiger partial charge in [-0.15, -0.1) is 12.4 Å². The predicted octanol–water partition coefficient (Wildman–Crippen LogP) is 4.23. The Morgan fingerprint density at radius 1 is 1.16 bits per heavy atom. The average Bonchev–Trinajstić information content (AvgIpc) is 2.28. The minimum Gasteiger partial charge on any atom is -0.301 e. The number of rotatable bonds is 1. The van der Waals surface area contributed by atoms with Crippen molar-refractivity contribution in [2.75, 3.05) is 0 Å². The number of thioether (sulfide) groups is 1. The summed E-state index contributed by atoms with van der Waals surface area (Å²) in [4.78, 5) is 5.74. The second-order valence-corrected chi connectivity index (χ2v) is 6.81. The molecule has 2 N–H and O–H groups in total. The Morgan fingerprint density at radius 2 is 1.74 bits per heavy atom. The number of allylic oxidation sites excluding steroid dienone is 1. The van der Waals surface area contributed by atoms with Crippen LogP contribution in [-0.2, 0) is 0 Å². The molecule has 2 rings (SSSR count). The van der Waals surface area contributed by atoms with Crippen LogP contribution in [0.5, 0.6) is 0 Å². The average molecular weight is 297 g/mol. The van der Waals surface area contributed by atoms with Crippen LogP contribution in [-0.4, -0.2) is 11.2 Å². The van der Waals surface area contributed by atoms with Crippen molar-refractivity contribution >= 4 is 34.8 Å². The molecule has 2 nitrogen and oxygen atoms in total. The third-order valence-corrected chi connectivity index (χ3v) is 3.84. The van der Waals surface area contributed by atoms with E-state index in [0.717, 1.165) is 5.71 Å². The molecule has 104 valence electrons. The van der Waals surface area contributed by atoms with Crippen LogP contribution in [0.2, 0.25) is 0 Å². The highest BCUT2D eigenvalue weighted by Crippen LogP contribution is 2.36. The highest BCUT2D eigenvalue weighted by molar-refractivity contribution is 8.08. The van der Waals surface area contributed by atoms with Gasteiger partial charge in [-0.1, -0.05) is 62.4 Å². The molecule has 0 aromatic heterocycles. The van der Waals surface area contributed by atoms with Crippen LogP contribution >= 0.6 is 24.2 Å². The lowest BCUT2D eigenvalue weighted by Crippen LogP contribution is -2.26. The molecule has 1 aliphatic heterocycles. The number of halogens is 1. The van der Waals surface area contributed by atoms with Crippen molar-refractivity contribution in [2.45, 2.75) is 33.2 Å². The third kappa shape index (κ3) is 4.10. The Labute approximate surface area is 126 Å². The van der Waals surface area contributed by atoms with E-state index < -0.39 is 0 Å². The molecule has 4 heteroatoms. The van der Waals surface area contributed by atoms with Gasteiger partial charge in [-0.2, -0.15) is 0 Å². The van der Waals surface area contributed by atoms with Crippen LogP contribution < -0.4 is 5.73 Å². The molecule has 0 saturated heterocycles. The number of aliphatic imine (C=N–C) groups is 1. The molecule has 1 aromatic carbocycles. The van der Waals surface area contributed by atoms with Crippen LogP contribution in [0, 0.1) is 12.3 Å². The number of hydrogen-bond donors (Lipinski definition) is 1. The van der Waals surface area contributed by atoms with E-state index in [9.17, 15) is 0 Å². The summed E-state index contributed by atoms with van der Waals surface area (Å²) in [5.41, 5.74) is 9.42. The van der Waals surface area contributed by atoms with Gasteiger partial charge in [0.25, 0.3) is 0 Å². The van der Waals surface area contributed by atoms with Crippen molar-refractivity contribution in [2.24, 2.45) is 16.1 Å². The monoisotopic (exact) mass is 296 g/mol. The molecule has 19 heavy (non-hydrogen) atoms. The molecule has 0 spiro atoms. The highest BCUT2D eigenvalue weighted by atomic mass is 35.5. The van der Waals surface area contributed by atoms with Gasteiger partial charge in [0.05, 0.1) is 0 Å². The molecule has 1 unspecified atom stereocenters. The number of aryl methyl sites for hydroxylation is 1. The molecule has 0 bridgehead atoms. The van der Waals surface area contributed by atoms with E-state index >= 15 is 0 Å². The number of hydrogen-bond acceptors (Lipinski definition) is 3. The van der Waals surface area contributed by atoms with E-state index in [2.05, 4.69) is 63.0 Å². The van der Waals surface area contributed by atoms with Crippen molar-refractivity contribution in [3.63, 3.8) is 0 Å². The first-order chi connectivity index (χ1) is 8.36. The minimum absolute atomic E-state index is 0. The van der Waals surface area contributed by atoms with Crippen LogP contribution in [0.3, 0.4) is 0 Å². The maximum atomic E-state index is 6.01. The van der Waals surface area contributed by atoms with Gasteiger partial charge in [0.15, 0.2) is 0 Å². The van der Waals surface area contributed by atoms with Crippen molar-refractivity contribution < 1.29 is 0 Å². The predicted molar refractivity (Wildman–Crippen MR) is 88.9 cm³/mol. The maximum Gasteiger partial charge on any atom is 0.149 e. The van der Waals surface area contributed by atoms with Gasteiger partial charge in [-0.3, -0.25) is 4.99 Å². The summed E-state index contributed by atoms with van der Waals surface area (Å²) in [5.74, 6) is 0. The first kappa shape index (κ1) is 16.3. The fraction of sp³-hybridized carbons (Fsp3) is 0.400. The van der Waals surface area contributed by atoms with Crippen molar-refractivity contribution in [1.29, 1.82) is 0 Å². The topological polar surface area (TPSA) is 38.4 Å². The molecular weight excluding hydrogens is 276 g/mol. The maximum absolute atomic E-state index is 6.01. The fourth-order valence-corrected chi connectivity index (χ4v) is 2.65. The molecule has 0 radical (unpaired) electrons. The lowest BCUT2D eigenvalue weighted by atomic mass is 9.89. The van der Waals surface area contributed by atoms with Gasteiger partial charge in [-0.05, 0) is 18.6 Å². The third-order valence-electron chi connectivity index (χ3n) is 2.89. The molecule has 1 aromatic rings. The first-order valence-corrected chi connectivity index (χ1v) is 7.03. The van der Waals surface area contributed by atoms with Gasteiger partial charge >= 0.3 is 0 Å². The zero-order valence-corrected chi connectivity index (χ0v) is 13.4. The van der Waals surface area contributed by atoms with Crippen molar-refractivity contribution in [1.82, 2.24) is 0 Å². The quantitative estimate of drug-likeness (QED) is 0.842. The largest absolute Gasteiger partial charge is 0.301 e. The van der Waals surface area contributed by atoms with E-state index in [4.69, 9.17) is 5.73 Å². The second-order valence-electron chi connectivity index (χ2n) is 5.65. The summed E-state index contributed by atoms with van der Waals surface area (Å²) in [6.45, 7) is 8.59. The van der Waals surface area contributed by atoms with E-state index in [1.165, 1.54) is 16.0 Å². The lowest BCUT2D eigenvalue weighted by Gasteiger charge is -2.25. The SMILES string of the molecule is Cc1ccc(C2=CC(C(C)(C)C)=NC(N)S2)cc1.Cl. The Balaban J connectivity index is 0.00000180. The number of benzene rings is 1. The Kier molecular flexibility index (Phi) is 5.25. The Hall–Kier alpha value is -0.770. The van der Waals surface area contributed by atoms with E-state index in [-0.39, 0.29) is 23.3 Å². The molecule has 0 fully saturated rings. The molecule has 0 saturated carbocycles. The fourth-order valence-electron chi connectivity index (χ4n) is 1.77. The summed E-state index contributed by atoms with van der Waals surface area (Å²) in [5, 5.41) is 0. The molecule has 1 heterocycles. The van der Waals surface area contributed by atoms with Gasteiger partial charge < -0.3 is 5.73 Å². The lowest BCUT2D eigenvalue weighted by molar-refractivity contribution is 0.590. The molecular formula is C15H21ClN2S. The molecule has 0 amide bonds. The summed E-state index contributed by atoms with van der Waals surface area (Å²) < 4.78 is 0. The standard InChI is InChI=1S/C15H20N2S.ClH/c1-10-5-7-11(8-6-10)12-9-13(15(2,3)4)17-14(16)18-12;/h5-9,14H,16H2,1-4H3;1H. The summed E-state index contributed by atoms with van der Waals surface area (Å²) in [6.07, 6.45) is 2.17. The highest BCUT2D eigenvalue weighted by Gasteiger charge is 2.23. The summed E-state index contributed by atoms with van der Waals surface area (Å²) in [6, 6.07) is 8.55. The van der Waals surface area contributed by atoms with Crippen LogP contribution in [0.4, 0.5) is 0 Å². The zero-order chi connectivity index (χ0) is 13.3.